The van der Waals surface area contributed by atoms with E-state index in [1.54, 1.807) is 11.3 Å². The van der Waals surface area contributed by atoms with Crippen LogP contribution in [0.4, 0.5) is 5.13 Å². The van der Waals surface area contributed by atoms with Gasteiger partial charge in [0.2, 0.25) is 11.0 Å². The number of hydrogen-bond donors (Lipinski definition) is 1. The zero-order chi connectivity index (χ0) is 14.9. The lowest BCUT2D eigenvalue weighted by Crippen LogP contribution is -2.42. The summed E-state index contributed by atoms with van der Waals surface area (Å²) in [5.41, 5.74) is 0. The monoisotopic (exact) mass is 322 g/mol. The minimum Gasteiger partial charge on any atom is -0.381 e. The predicted octanol–water partition coefficient (Wildman–Crippen LogP) is 1.54. The molecule has 0 radical (unpaired) electrons. The summed E-state index contributed by atoms with van der Waals surface area (Å²) in [5.74, 6) is 0.930. The lowest BCUT2D eigenvalue weighted by atomic mass is 10.1. The van der Waals surface area contributed by atoms with E-state index < -0.39 is 0 Å². The second-order valence-electron chi connectivity index (χ2n) is 6.52. The third kappa shape index (κ3) is 3.10. The number of anilines is 1. The first kappa shape index (κ1) is 14.4. The fraction of sp³-hybridized carbons (Fsp3) is 0.800. The summed E-state index contributed by atoms with van der Waals surface area (Å²) < 4.78 is 5.33. The van der Waals surface area contributed by atoms with Crippen molar-refractivity contribution in [1.82, 2.24) is 15.5 Å². The van der Waals surface area contributed by atoms with Crippen LogP contribution in [0.2, 0.25) is 0 Å². The summed E-state index contributed by atoms with van der Waals surface area (Å²) in [5, 5.41) is 14.0. The number of nitrogens with one attached hydrogen (secondary N) is 1. The van der Waals surface area contributed by atoms with Gasteiger partial charge in [-0.1, -0.05) is 11.3 Å². The number of rotatable bonds is 4. The molecule has 3 heterocycles. The number of hydrogen-bond acceptors (Lipinski definition) is 6. The molecule has 1 saturated carbocycles. The number of aromatic nitrogens is 2. The highest BCUT2D eigenvalue weighted by Crippen LogP contribution is 2.43. The molecule has 1 unspecified atom stereocenters. The number of amides is 1. The van der Waals surface area contributed by atoms with Gasteiger partial charge in [0.15, 0.2) is 0 Å². The van der Waals surface area contributed by atoms with Gasteiger partial charge >= 0.3 is 0 Å². The molecule has 0 bridgehead atoms. The van der Waals surface area contributed by atoms with Crippen LogP contribution in [0.25, 0.3) is 0 Å². The molecule has 1 aliphatic carbocycles. The minimum atomic E-state index is 0.0797. The van der Waals surface area contributed by atoms with Gasteiger partial charge in [-0.3, -0.25) is 4.79 Å². The molecule has 7 heteroatoms. The van der Waals surface area contributed by atoms with E-state index in [0.29, 0.717) is 12.0 Å². The molecule has 1 aromatic heterocycles. The Bertz CT molecular complexity index is 539. The molecule has 120 valence electrons. The van der Waals surface area contributed by atoms with Crippen molar-refractivity contribution in [3.63, 3.8) is 0 Å². The molecule has 2 aliphatic heterocycles. The summed E-state index contributed by atoms with van der Waals surface area (Å²) >= 11 is 1.71. The molecular formula is C15H22N4O2S. The number of carbonyl (C=O) groups is 1. The predicted molar refractivity (Wildman–Crippen MR) is 84.2 cm³/mol. The quantitative estimate of drug-likeness (QED) is 0.911. The van der Waals surface area contributed by atoms with Crippen molar-refractivity contribution in [3.05, 3.63) is 5.01 Å². The van der Waals surface area contributed by atoms with Gasteiger partial charge in [0, 0.05) is 38.3 Å². The maximum Gasteiger partial charge on any atom is 0.225 e. The highest BCUT2D eigenvalue weighted by molar-refractivity contribution is 7.15. The van der Waals surface area contributed by atoms with Gasteiger partial charge in [-0.25, -0.2) is 0 Å². The summed E-state index contributed by atoms with van der Waals surface area (Å²) in [6.07, 6.45) is 5.29. The first-order valence-corrected chi connectivity index (χ1v) is 9.08. The molecule has 2 saturated heterocycles. The van der Waals surface area contributed by atoms with Crippen molar-refractivity contribution in [1.29, 1.82) is 0 Å². The smallest absolute Gasteiger partial charge is 0.225 e. The van der Waals surface area contributed by atoms with E-state index in [9.17, 15) is 4.79 Å². The normalized spacial score (nSPS) is 26.4. The Kier molecular flexibility index (Phi) is 4.00. The zero-order valence-electron chi connectivity index (χ0n) is 12.7. The highest BCUT2D eigenvalue weighted by atomic mass is 32.1. The Morgan fingerprint density at radius 2 is 2.00 bits per heavy atom. The summed E-state index contributed by atoms with van der Waals surface area (Å²) in [6.45, 7) is 3.20. The Balaban J connectivity index is 1.31. The molecule has 0 spiro atoms. The molecule has 3 fully saturated rings. The van der Waals surface area contributed by atoms with Gasteiger partial charge in [0.25, 0.3) is 0 Å². The van der Waals surface area contributed by atoms with Crippen LogP contribution < -0.4 is 10.2 Å². The summed E-state index contributed by atoms with van der Waals surface area (Å²) in [4.78, 5) is 14.6. The van der Waals surface area contributed by atoms with Crippen molar-refractivity contribution in [2.24, 2.45) is 5.92 Å². The van der Waals surface area contributed by atoms with Crippen LogP contribution in [0.15, 0.2) is 0 Å². The first-order chi connectivity index (χ1) is 10.8. The molecule has 1 amide bonds. The topological polar surface area (TPSA) is 67.3 Å². The highest BCUT2D eigenvalue weighted by Gasteiger charge is 2.33. The van der Waals surface area contributed by atoms with Crippen molar-refractivity contribution in [2.75, 3.05) is 31.2 Å². The van der Waals surface area contributed by atoms with Crippen molar-refractivity contribution in [2.45, 2.75) is 44.1 Å². The molecule has 1 aromatic rings. The number of nitrogens with zero attached hydrogens (tertiary/aromatic N) is 3. The van der Waals surface area contributed by atoms with Crippen LogP contribution in [0.5, 0.6) is 0 Å². The molecule has 3 aliphatic rings. The fourth-order valence-electron chi connectivity index (χ4n) is 3.16. The largest absolute Gasteiger partial charge is 0.381 e. The van der Waals surface area contributed by atoms with Crippen LogP contribution in [-0.4, -0.2) is 48.4 Å². The van der Waals surface area contributed by atoms with Gasteiger partial charge in [0.1, 0.15) is 5.01 Å². The summed E-state index contributed by atoms with van der Waals surface area (Å²) in [6, 6.07) is 0.290. The third-order valence-electron chi connectivity index (χ3n) is 4.75. The standard InChI is InChI=1S/C15H22N4O2S/c20-13(16-12-4-7-21-8-5-12)11-3-6-19(9-11)15-18-17-14(22-15)10-1-2-10/h10-12H,1-9H2,(H,16,20). The molecule has 0 aromatic carbocycles. The average molecular weight is 322 g/mol. The van der Waals surface area contributed by atoms with E-state index in [2.05, 4.69) is 20.4 Å². The fourth-order valence-corrected chi connectivity index (χ4v) is 4.21. The van der Waals surface area contributed by atoms with Crippen LogP contribution in [0.1, 0.15) is 43.0 Å². The maximum absolute atomic E-state index is 12.4. The van der Waals surface area contributed by atoms with Crippen LogP contribution in [0.3, 0.4) is 0 Å². The van der Waals surface area contributed by atoms with Crippen LogP contribution in [0, 0.1) is 5.92 Å². The van der Waals surface area contributed by atoms with E-state index in [0.717, 1.165) is 50.7 Å². The van der Waals surface area contributed by atoms with E-state index >= 15 is 0 Å². The van der Waals surface area contributed by atoms with Gasteiger partial charge in [-0.2, -0.15) is 0 Å². The number of carbonyl (C=O) groups excluding carboxylic acids is 1. The van der Waals surface area contributed by atoms with Gasteiger partial charge < -0.3 is 15.0 Å². The maximum atomic E-state index is 12.4. The molecule has 6 nitrogen and oxygen atoms in total. The average Bonchev–Trinajstić information content (AvgIpc) is 3.08. The van der Waals surface area contributed by atoms with E-state index in [1.807, 2.05) is 0 Å². The molecular weight excluding hydrogens is 300 g/mol. The molecule has 4 rings (SSSR count). The zero-order valence-corrected chi connectivity index (χ0v) is 13.5. The van der Waals surface area contributed by atoms with Crippen molar-refractivity contribution >= 4 is 22.4 Å². The van der Waals surface area contributed by atoms with E-state index in [4.69, 9.17) is 4.74 Å². The van der Waals surface area contributed by atoms with E-state index in [1.165, 1.54) is 17.8 Å². The van der Waals surface area contributed by atoms with Crippen molar-refractivity contribution < 1.29 is 9.53 Å². The molecule has 1 atom stereocenters. The number of ether oxygens (including phenoxy) is 1. The Morgan fingerprint density at radius 3 is 2.77 bits per heavy atom. The van der Waals surface area contributed by atoms with E-state index in [-0.39, 0.29) is 11.8 Å². The first-order valence-electron chi connectivity index (χ1n) is 8.26. The second-order valence-corrected chi connectivity index (χ2v) is 7.51. The van der Waals surface area contributed by atoms with Crippen LogP contribution >= 0.6 is 11.3 Å². The molecule has 1 N–H and O–H groups in total. The Morgan fingerprint density at radius 1 is 1.18 bits per heavy atom. The van der Waals surface area contributed by atoms with Gasteiger partial charge in [0.05, 0.1) is 5.92 Å². The Hall–Kier alpha value is -1.21. The Labute approximate surface area is 134 Å². The third-order valence-corrected chi connectivity index (χ3v) is 5.90. The van der Waals surface area contributed by atoms with Gasteiger partial charge in [-0.15, -0.1) is 10.2 Å². The van der Waals surface area contributed by atoms with Crippen molar-refractivity contribution in [3.8, 4) is 0 Å². The summed E-state index contributed by atoms with van der Waals surface area (Å²) in [7, 11) is 0. The van der Waals surface area contributed by atoms with Crippen LogP contribution in [-0.2, 0) is 9.53 Å². The lowest BCUT2D eigenvalue weighted by molar-refractivity contribution is -0.125. The minimum absolute atomic E-state index is 0.0797. The second kappa shape index (κ2) is 6.12. The molecule has 22 heavy (non-hydrogen) atoms. The van der Waals surface area contributed by atoms with Gasteiger partial charge in [-0.05, 0) is 32.1 Å². The lowest BCUT2D eigenvalue weighted by Gasteiger charge is -2.24. The SMILES string of the molecule is O=C(NC1CCOCC1)C1CCN(c2nnc(C3CC3)s2)C1.